The van der Waals surface area contributed by atoms with Crippen molar-refractivity contribution in [1.29, 1.82) is 0 Å². The van der Waals surface area contributed by atoms with Gasteiger partial charge in [0.05, 0.1) is 11.0 Å². The van der Waals surface area contributed by atoms with Crippen LogP contribution in [0.4, 0.5) is 0 Å². The third-order valence-corrected chi connectivity index (χ3v) is 5.33. The Kier molecular flexibility index (Phi) is 7.95. The van der Waals surface area contributed by atoms with Crippen LogP contribution in [0.1, 0.15) is 69.7 Å². The van der Waals surface area contributed by atoms with Crippen molar-refractivity contribution in [3.8, 4) is 5.75 Å². The molecule has 3 nitrogen and oxygen atoms in total. The van der Waals surface area contributed by atoms with Gasteiger partial charge in [-0.3, -0.25) is 0 Å². The maximum absolute atomic E-state index is 6.04. The van der Waals surface area contributed by atoms with Gasteiger partial charge in [0.15, 0.2) is 0 Å². The van der Waals surface area contributed by atoms with Crippen LogP contribution in [0.5, 0.6) is 5.75 Å². The zero-order valence-corrected chi connectivity index (χ0v) is 17.5. The third kappa shape index (κ3) is 5.85. The number of hydrogen-bond donors (Lipinski definition) is 0. The molecule has 0 aliphatic rings. The van der Waals surface area contributed by atoms with E-state index in [0.29, 0.717) is 6.61 Å². The minimum Gasteiger partial charge on any atom is -0.486 e. The van der Waals surface area contributed by atoms with Gasteiger partial charge in [-0.15, -0.1) is 0 Å². The Balaban J connectivity index is 1.58. The summed E-state index contributed by atoms with van der Waals surface area (Å²) in [6.45, 7) is 5.89. The zero-order chi connectivity index (χ0) is 19.6. The summed E-state index contributed by atoms with van der Waals surface area (Å²) in [5.41, 5.74) is 3.49. The first-order chi connectivity index (χ1) is 13.8. The number of nitrogens with zero attached hydrogens (tertiary/aromatic N) is 2. The Hall–Kier alpha value is -2.29. The molecular formula is C25H34N2O. The molecule has 0 spiro atoms. The second-order valence-corrected chi connectivity index (χ2v) is 7.75. The van der Waals surface area contributed by atoms with Gasteiger partial charge in [-0.25, -0.2) is 4.98 Å². The van der Waals surface area contributed by atoms with E-state index in [0.717, 1.165) is 23.6 Å². The van der Waals surface area contributed by atoms with Crippen LogP contribution in [0.3, 0.4) is 0 Å². The van der Waals surface area contributed by atoms with E-state index in [1.165, 1.54) is 62.4 Å². The Morgan fingerprint density at radius 2 is 1.61 bits per heavy atom. The topological polar surface area (TPSA) is 27.1 Å². The molecule has 28 heavy (non-hydrogen) atoms. The largest absolute Gasteiger partial charge is 0.486 e. The van der Waals surface area contributed by atoms with Gasteiger partial charge in [0.2, 0.25) is 0 Å². The lowest BCUT2D eigenvalue weighted by Gasteiger charge is -2.11. The summed E-state index contributed by atoms with van der Waals surface area (Å²) in [7, 11) is 0. The molecule has 0 amide bonds. The van der Waals surface area contributed by atoms with Crippen LogP contribution < -0.4 is 4.74 Å². The van der Waals surface area contributed by atoms with Crippen LogP contribution in [-0.4, -0.2) is 9.55 Å². The van der Waals surface area contributed by atoms with Gasteiger partial charge < -0.3 is 9.30 Å². The maximum Gasteiger partial charge on any atom is 0.147 e. The third-order valence-electron chi connectivity index (χ3n) is 5.33. The fourth-order valence-corrected chi connectivity index (χ4v) is 3.74. The fourth-order valence-electron chi connectivity index (χ4n) is 3.74. The molecule has 0 bridgehead atoms. The first-order valence-corrected chi connectivity index (χ1v) is 10.9. The second kappa shape index (κ2) is 10.9. The van der Waals surface area contributed by atoms with Crippen molar-refractivity contribution in [2.45, 2.75) is 78.4 Å². The standard InChI is InChI=1S/C25H34N2O/c1-3-4-5-6-7-8-9-12-18-27-24-17-11-10-16-23(24)26-25(27)20-28-22-15-13-14-21(2)19-22/h10-11,13-17,19H,3-9,12,18,20H2,1-2H3. The molecule has 3 aromatic rings. The SMILES string of the molecule is CCCCCCCCCCn1c(COc2cccc(C)c2)nc2ccccc21. The maximum atomic E-state index is 6.04. The van der Waals surface area contributed by atoms with E-state index < -0.39 is 0 Å². The Morgan fingerprint density at radius 1 is 0.857 bits per heavy atom. The summed E-state index contributed by atoms with van der Waals surface area (Å²) in [6, 6.07) is 16.6. The summed E-state index contributed by atoms with van der Waals surface area (Å²) in [6.07, 6.45) is 10.7. The normalized spacial score (nSPS) is 11.2. The number of aryl methyl sites for hydroxylation is 2. The molecule has 0 saturated carbocycles. The first-order valence-electron chi connectivity index (χ1n) is 10.9. The average Bonchev–Trinajstić information content (AvgIpc) is 3.06. The second-order valence-electron chi connectivity index (χ2n) is 7.75. The van der Waals surface area contributed by atoms with E-state index in [2.05, 4.69) is 54.8 Å². The van der Waals surface area contributed by atoms with Crippen LogP contribution >= 0.6 is 0 Å². The number of benzene rings is 2. The van der Waals surface area contributed by atoms with Crippen LogP contribution in [-0.2, 0) is 13.2 Å². The lowest BCUT2D eigenvalue weighted by atomic mass is 10.1. The lowest BCUT2D eigenvalue weighted by Crippen LogP contribution is -2.07. The van der Waals surface area contributed by atoms with Gasteiger partial charge in [-0.2, -0.15) is 0 Å². The van der Waals surface area contributed by atoms with Crippen LogP contribution in [0, 0.1) is 6.92 Å². The van der Waals surface area contributed by atoms with E-state index in [9.17, 15) is 0 Å². The minimum absolute atomic E-state index is 0.509. The average molecular weight is 379 g/mol. The number of aromatic nitrogens is 2. The number of hydrogen-bond acceptors (Lipinski definition) is 2. The molecule has 1 aromatic heterocycles. The van der Waals surface area contributed by atoms with Gasteiger partial charge in [0.25, 0.3) is 0 Å². The van der Waals surface area contributed by atoms with Crippen LogP contribution in [0.2, 0.25) is 0 Å². The predicted octanol–water partition coefficient (Wildman–Crippen LogP) is 7.06. The summed E-state index contributed by atoms with van der Waals surface area (Å²) in [5, 5.41) is 0. The lowest BCUT2D eigenvalue weighted by molar-refractivity contribution is 0.289. The molecule has 3 heteroatoms. The van der Waals surface area contributed by atoms with Crippen LogP contribution in [0.25, 0.3) is 11.0 Å². The van der Waals surface area contributed by atoms with Crippen molar-refractivity contribution in [3.05, 3.63) is 59.9 Å². The Labute approximate surface area is 169 Å². The molecular weight excluding hydrogens is 344 g/mol. The molecule has 0 N–H and O–H groups in total. The molecule has 150 valence electrons. The van der Waals surface area contributed by atoms with E-state index in [1.54, 1.807) is 0 Å². The molecule has 0 saturated heterocycles. The van der Waals surface area contributed by atoms with Crippen molar-refractivity contribution in [3.63, 3.8) is 0 Å². The highest BCUT2D eigenvalue weighted by molar-refractivity contribution is 5.75. The predicted molar refractivity (Wildman–Crippen MR) is 118 cm³/mol. The molecule has 2 aromatic carbocycles. The highest BCUT2D eigenvalue weighted by atomic mass is 16.5. The summed E-state index contributed by atoms with van der Waals surface area (Å²) in [4.78, 5) is 4.84. The Bertz CT molecular complexity index is 853. The summed E-state index contributed by atoms with van der Waals surface area (Å²) < 4.78 is 8.39. The van der Waals surface area contributed by atoms with Crippen LogP contribution in [0.15, 0.2) is 48.5 Å². The minimum atomic E-state index is 0.509. The molecule has 0 radical (unpaired) electrons. The monoisotopic (exact) mass is 378 g/mol. The zero-order valence-electron chi connectivity index (χ0n) is 17.5. The van der Waals surface area contributed by atoms with Crippen molar-refractivity contribution in [1.82, 2.24) is 9.55 Å². The van der Waals surface area contributed by atoms with Gasteiger partial charge in [0.1, 0.15) is 18.2 Å². The Morgan fingerprint density at radius 3 is 2.39 bits per heavy atom. The smallest absolute Gasteiger partial charge is 0.147 e. The van der Waals surface area contributed by atoms with E-state index in [4.69, 9.17) is 9.72 Å². The molecule has 0 aliphatic carbocycles. The highest BCUT2D eigenvalue weighted by Gasteiger charge is 2.11. The van der Waals surface area contributed by atoms with E-state index in [-0.39, 0.29) is 0 Å². The number of fused-ring (bicyclic) bond motifs is 1. The molecule has 0 unspecified atom stereocenters. The first kappa shape index (κ1) is 20.4. The highest BCUT2D eigenvalue weighted by Crippen LogP contribution is 2.20. The number of rotatable bonds is 12. The van der Waals surface area contributed by atoms with Crippen molar-refractivity contribution < 1.29 is 4.74 Å². The summed E-state index contributed by atoms with van der Waals surface area (Å²) in [5.74, 6) is 1.93. The summed E-state index contributed by atoms with van der Waals surface area (Å²) >= 11 is 0. The quantitative estimate of drug-likeness (QED) is 0.315. The van der Waals surface area contributed by atoms with Crippen molar-refractivity contribution >= 4 is 11.0 Å². The van der Waals surface area contributed by atoms with E-state index in [1.807, 2.05) is 12.1 Å². The van der Waals surface area contributed by atoms with Gasteiger partial charge >= 0.3 is 0 Å². The fraction of sp³-hybridized carbons (Fsp3) is 0.480. The molecule has 0 atom stereocenters. The molecule has 0 fully saturated rings. The number of unbranched alkanes of at least 4 members (excludes halogenated alkanes) is 7. The van der Waals surface area contributed by atoms with E-state index >= 15 is 0 Å². The van der Waals surface area contributed by atoms with Crippen molar-refractivity contribution in [2.75, 3.05) is 0 Å². The molecule has 3 rings (SSSR count). The number of ether oxygens (including phenoxy) is 1. The number of imidazole rings is 1. The van der Waals surface area contributed by atoms with Gasteiger partial charge in [0, 0.05) is 6.54 Å². The van der Waals surface area contributed by atoms with Crippen molar-refractivity contribution in [2.24, 2.45) is 0 Å². The molecule has 0 aliphatic heterocycles. The molecule has 1 heterocycles. The van der Waals surface area contributed by atoms with Gasteiger partial charge in [-0.05, 0) is 43.2 Å². The number of para-hydroxylation sites is 2. The van der Waals surface area contributed by atoms with Gasteiger partial charge in [-0.1, -0.05) is 76.1 Å².